The van der Waals surface area contributed by atoms with Crippen molar-refractivity contribution in [3.05, 3.63) is 28.1 Å². The molecule has 1 aromatic rings. The smallest absolute Gasteiger partial charge is 0.308 e. The van der Waals surface area contributed by atoms with E-state index >= 15 is 0 Å². The molecule has 2 unspecified atom stereocenters. The van der Waals surface area contributed by atoms with E-state index in [0.717, 1.165) is 0 Å². The zero-order chi connectivity index (χ0) is 15.4. The molecule has 0 fully saturated rings. The van der Waals surface area contributed by atoms with E-state index in [1.165, 1.54) is 23.8 Å². The normalized spacial score (nSPS) is 13.6. The summed E-state index contributed by atoms with van der Waals surface area (Å²) in [4.78, 5) is 33.0. The fourth-order valence-electron chi connectivity index (χ4n) is 1.67. The van der Waals surface area contributed by atoms with Crippen LogP contribution >= 0.6 is 0 Å². The van der Waals surface area contributed by atoms with Gasteiger partial charge in [0.1, 0.15) is 5.69 Å². The molecular formula is C12H17N3O5. The minimum atomic E-state index is -1.02. The van der Waals surface area contributed by atoms with E-state index in [1.54, 1.807) is 13.8 Å². The number of nitrogens with one attached hydrogen (secondary N) is 1. The van der Waals surface area contributed by atoms with Gasteiger partial charge < -0.3 is 15.0 Å². The third kappa shape index (κ3) is 3.34. The first-order chi connectivity index (χ1) is 9.27. The lowest BCUT2D eigenvalue weighted by molar-refractivity contribution is -0.384. The van der Waals surface area contributed by atoms with E-state index in [9.17, 15) is 19.7 Å². The maximum atomic E-state index is 12.1. The molecule has 0 aliphatic carbocycles. The summed E-state index contributed by atoms with van der Waals surface area (Å²) in [5, 5.41) is 22.1. The molecule has 1 rings (SSSR count). The molecule has 0 spiro atoms. The molecule has 0 aromatic carbocycles. The van der Waals surface area contributed by atoms with Crippen LogP contribution in [0.15, 0.2) is 12.3 Å². The Hall–Kier alpha value is -2.38. The van der Waals surface area contributed by atoms with E-state index in [-0.39, 0.29) is 11.4 Å². The Morgan fingerprint density at radius 3 is 2.55 bits per heavy atom. The molecule has 1 heterocycles. The summed E-state index contributed by atoms with van der Waals surface area (Å²) in [6.07, 6.45) is 1.28. The summed E-state index contributed by atoms with van der Waals surface area (Å²) < 4.78 is 1.45. The lowest BCUT2D eigenvalue weighted by atomic mass is 10.0. The minimum Gasteiger partial charge on any atom is -0.481 e. The van der Waals surface area contributed by atoms with Gasteiger partial charge in [-0.15, -0.1) is 0 Å². The third-order valence-corrected chi connectivity index (χ3v) is 3.16. The number of amides is 1. The number of aliphatic carboxylic acids is 1. The molecule has 2 N–H and O–H groups in total. The Kier molecular flexibility index (Phi) is 4.84. The number of aryl methyl sites for hydroxylation is 1. The number of hydrogen-bond donors (Lipinski definition) is 2. The Labute approximate surface area is 115 Å². The number of hydrogen-bond acceptors (Lipinski definition) is 4. The number of nitrogens with zero attached hydrogens (tertiary/aromatic N) is 2. The molecule has 0 aliphatic rings. The van der Waals surface area contributed by atoms with Crippen LogP contribution in [0, 0.1) is 16.0 Å². The van der Waals surface area contributed by atoms with Crippen molar-refractivity contribution in [3.8, 4) is 0 Å². The molecule has 0 radical (unpaired) electrons. The molecular weight excluding hydrogens is 266 g/mol. The van der Waals surface area contributed by atoms with E-state index in [0.29, 0.717) is 6.54 Å². The second kappa shape index (κ2) is 6.18. The van der Waals surface area contributed by atoms with Gasteiger partial charge in [0.25, 0.3) is 11.6 Å². The van der Waals surface area contributed by atoms with Gasteiger partial charge in [-0.1, -0.05) is 0 Å². The molecule has 110 valence electrons. The molecule has 0 saturated carbocycles. The van der Waals surface area contributed by atoms with Gasteiger partial charge in [-0.2, -0.15) is 0 Å². The number of aromatic nitrogens is 1. The molecule has 8 nitrogen and oxygen atoms in total. The van der Waals surface area contributed by atoms with Gasteiger partial charge in [0.05, 0.1) is 17.0 Å². The molecule has 0 bridgehead atoms. The van der Waals surface area contributed by atoms with Gasteiger partial charge in [-0.25, -0.2) is 0 Å². The highest BCUT2D eigenvalue weighted by molar-refractivity contribution is 5.94. The first-order valence-electron chi connectivity index (χ1n) is 6.16. The van der Waals surface area contributed by atoms with Crippen LogP contribution in [-0.2, 0) is 11.3 Å². The average molecular weight is 283 g/mol. The van der Waals surface area contributed by atoms with Crippen molar-refractivity contribution in [2.24, 2.45) is 5.92 Å². The van der Waals surface area contributed by atoms with E-state index in [2.05, 4.69) is 5.32 Å². The van der Waals surface area contributed by atoms with Crippen molar-refractivity contribution in [1.82, 2.24) is 9.88 Å². The Morgan fingerprint density at radius 2 is 2.10 bits per heavy atom. The number of carbonyl (C=O) groups is 2. The third-order valence-electron chi connectivity index (χ3n) is 3.16. The van der Waals surface area contributed by atoms with E-state index < -0.39 is 28.8 Å². The van der Waals surface area contributed by atoms with Gasteiger partial charge in [0.2, 0.25) is 0 Å². The van der Waals surface area contributed by atoms with Crippen molar-refractivity contribution in [2.45, 2.75) is 33.4 Å². The van der Waals surface area contributed by atoms with Gasteiger partial charge in [-0.3, -0.25) is 19.7 Å². The lowest BCUT2D eigenvalue weighted by Gasteiger charge is -2.18. The highest BCUT2D eigenvalue weighted by Crippen LogP contribution is 2.17. The number of carboxylic acids is 1. The molecule has 2 atom stereocenters. The highest BCUT2D eigenvalue weighted by atomic mass is 16.6. The standard InChI is InChI=1S/C12H17N3O5/c1-4-14-6-9(15(19)20)5-10(14)11(16)13-8(3)7(2)12(17)18/h5-8H,4H2,1-3H3,(H,13,16)(H,17,18). The number of nitro groups is 1. The lowest BCUT2D eigenvalue weighted by Crippen LogP contribution is -2.40. The fourth-order valence-corrected chi connectivity index (χ4v) is 1.67. The van der Waals surface area contributed by atoms with Crippen LogP contribution in [0.4, 0.5) is 5.69 Å². The molecule has 1 amide bonds. The van der Waals surface area contributed by atoms with Crippen molar-refractivity contribution in [2.75, 3.05) is 0 Å². The highest BCUT2D eigenvalue weighted by Gasteiger charge is 2.24. The van der Waals surface area contributed by atoms with Gasteiger partial charge in [0, 0.05) is 18.7 Å². The van der Waals surface area contributed by atoms with Crippen LogP contribution in [0.3, 0.4) is 0 Å². The maximum Gasteiger partial charge on any atom is 0.308 e. The summed E-state index contributed by atoms with van der Waals surface area (Å²) in [5.74, 6) is -2.30. The Balaban J connectivity index is 2.92. The van der Waals surface area contributed by atoms with Gasteiger partial charge in [0.15, 0.2) is 0 Å². The molecule has 0 saturated heterocycles. The zero-order valence-corrected chi connectivity index (χ0v) is 11.5. The van der Waals surface area contributed by atoms with Crippen LogP contribution in [0.1, 0.15) is 31.3 Å². The summed E-state index contributed by atoms with van der Waals surface area (Å²) in [6, 6.07) is 0.594. The van der Waals surface area contributed by atoms with Crippen molar-refractivity contribution >= 4 is 17.6 Å². The predicted octanol–water partition coefficient (Wildman–Crippen LogP) is 1.26. The van der Waals surface area contributed by atoms with Crippen molar-refractivity contribution in [1.29, 1.82) is 0 Å². The summed E-state index contributed by atoms with van der Waals surface area (Å²) >= 11 is 0. The van der Waals surface area contributed by atoms with Crippen LogP contribution < -0.4 is 5.32 Å². The van der Waals surface area contributed by atoms with Crippen LogP contribution in [0.5, 0.6) is 0 Å². The van der Waals surface area contributed by atoms with Crippen LogP contribution in [-0.4, -0.2) is 32.5 Å². The number of rotatable bonds is 6. The monoisotopic (exact) mass is 283 g/mol. The van der Waals surface area contributed by atoms with Crippen LogP contribution in [0.25, 0.3) is 0 Å². The molecule has 1 aromatic heterocycles. The molecule has 8 heteroatoms. The number of carbonyl (C=O) groups excluding carboxylic acids is 1. The number of carboxylic acid groups (broad SMARTS) is 1. The summed E-state index contributed by atoms with van der Waals surface area (Å²) in [5.41, 5.74) is -0.0282. The Bertz CT molecular complexity index is 537. The second-order valence-corrected chi connectivity index (χ2v) is 4.52. The first-order valence-corrected chi connectivity index (χ1v) is 6.16. The maximum absolute atomic E-state index is 12.1. The van der Waals surface area contributed by atoms with Crippen molar-refractivity contribution < 1.29 is 19.6 Å². The van der Waals surface area contributed by atoms with Gasteiger partial charge in [-0.05, 0) is 20.8 Å². The summed E-state index contributed by atoms with van der Waals surface area (Å²) in [7, 11) is 0. The second-order valence-electron chi connectivity index (χ2n) is 4.52. The zero-order valence-electron chi connectivity index (χ0n) is 11.5. The first kappa shape index (κ1) is 15.7. The largest absolute Gasteiger partial charge is 0.481 e. The minimum absolute atomic E-state index is 0.142. The van der Waals surface area contributed by atoms with Crippen molar-refractivity contribution in [3.63, 3.8) is 0 Å². The molecule has 0 aliphatic heterocycles. The predicted molar refractivity (Wildman–Crippen MR) is 70.5 cm³/mol. The van der Waals surface area contributed by atoms with E-state index in [1.807, 2.05) is 0 Å². The molecule has 20 heavy (non-hydrogen) atoms. The fraction of sp³-hybridized carbons (Fsp3) is 0.500. The summed E-state index contributed by atoms with van der Waals surface area (Å²) in [6.45, 7) is 5.21. The van der Waals surface area contributed by atoms with Gasteiger partial charge >= 0.3 is 5.97 Å². The van der Waals surface area contributed by atoms with E-state index in [4.69, 9.17) is 5.11 Å². The van der Waals surface area contributed by atoms with Crippen LogP contribution in [0.2, 0.25) is 0 Å². The quantitative estimate of drug-likeness (QED) is 0.602. The topological polar surface area (TPSA) is 114 Å². The average Bonchev–Trinajstić information content (AvgIpc) is 2.81. The Morgan fingerprint density at radius 1 is 1.50 bits per heavy atom. The SMILES string of the molecule is CCn1cc([N+](=O)[O-])cc1C(=O)NC(C)C(C)C(=O)O.